The summed E-state index contributed by atoms with van der Waals surface area (Å²) in [5, 5.41) is 9.35. The van der Waals surface area contributed by atoms with E-state index in [4.69, 9.17) is 0 Å². The summed E-state index contributed by atoms with van der Waals surface area (Å²) in [5.74, 6) is 0. The predicted molar refractivity (Wildman–Crippen MR) is 52.4 cm³/mol. The van der Waals surface area contributed by atoms with Gasteiger partial charge in [-0.2, -0.15) is 0 Å². The van der Waals surface area contributed by atoms with E-state index in [-0.39, 0.29) is 6.23 Å². The third kappa shape index (κ3) is 1.73. The lowest BCUT2D eigenvalue weighted by Crippen LogP contribution is -2.62. The molecule has 1 atom stereocenters. The van der Waals surface area contributed by atoms with E-state index in [1.54, 1.807) is 0 Å². The van der Waals surface area contributed by atoms with Crippen LogP contribution in [0.4, 0.5) is 0 Å². The summed E-state index contributed by atoms with van der Waals surface area (Å²) in [6, 6.07) is 0. The Morgan fingerprint density at radius 2 is 1.77 bits per heavy atom. The van der Waals surface area contributed by atoms with Crippen LogP contribution in [0.2, 0.25) is 0 Å². The number of nitrogens with zero attached hydrogens (tertiary/aromatic N) is 2. The molecule has 2 heterocycles. The van der Waals surface area contributed by atoms with Crippen molar-refractivity contribution >= 4 is 0 Å². The van der Waals surface area contributed by atoms with Crippen LogP contribution in [0.25, 0.3) is 0 Å². The Bertz CT molecular complexity index is 177. The highest BCUT2D eigenvalue weighted by atomic mass is 16.3. The van der Waals surface area contributed by atoms with Gasteiger partial charge in [-0.05, 0) is 45.3 Å². The predicted octanol–water partition coefficient (Wildman–Crippen LogP) is 0.352. The van der Waals surface area contributed by atoms with Crippen molar-refractivity contribution in [3.63, 3.8) is 0 Å². The Labute approximate surface area is 80.3 Å². The van der Waals surface area contributed by atoms with E-state index in [9.17, 15) is 5.11 Å². The second-order valence-electron chi connectivity index (χ2n) is 4.84. The monoisotopic (exact) mass is 184 g/mol. The first kappa shape index (κ1) is 9.44. The molecular formula is C10H20N2O. The van der Waals surface area contributed by atoms with Gasteiger partial charge in [-0.1, -0.05) is 0 Å². The number of hydrogen-bond acceptors (Lipinski definition) is 3. The van der Waals surface area contributed by atoms with Gasteiger partial charge in [0, 0.05) is 13.1 Å². The highest BCUT2D eigenvalue weighted by molar-refractivity contribution is 4.97. The molecule has 0 radical (unpaired) electrons. The van der Waals surface area contributed by atoms with E-state index < -0.39 is 0 Å². The van der Waals surface area contributed by atoms with Gasteiger partial charge < -0.3 is 10.0 Å². The molecule has 13 heavy (non-hydrogen) atoms. The lowest BCUT2D eigenvalue weighted by atomic mass is 9.72. The highest BCUT2D eigenvalue weighted by Gasteiger charge is 2.45. The van der Waals surface area contributed by atoms with Crippen LogP contribution >= 0.6 is 0 Å². The molecule has 3 heteroatoms. The third-order valence-electron chi connectivity index (χ3n) is 3.65. The minimum atomic E-state index is -0.245. The number of piperidine rings is 1. The van der Waals surface area contributed by atoms with E-state index in [0.29, 0.717) is 5.41 Å². The number of aliphatic hydroxyl groups excluding tert-OH is 1. The van der Waals surface area contributed by atoms with Crippen molar-refractivity contribution in [1.82, 2.24) is 9.80 Å². The number of rotatable bonds is 1. The summed E-state index contributed by atoms with van der Waals surface area (Å²) in [6.45, 7) is 6.54. The minimum absolute atomic E-state index is 0.245. The SMILES string of the molecule is CC(O)N1CC2(CCN(C)CC2)C1. The van der Waals surface area contributed by atoms with Gasteiger partial charge in [0.2, 0.25) is 0 Å². The van der Waals surface area contributed by atoms with Gasteiger partial charge in [0.25, 0.3) is 0 Å². The number of aliphatic hydroxyl groups is 1. The van der Waals surface area contributed by atoms with E-state index in [2.05, 4.69) is 16.8 Å². The quantitative estimate of drug-likeness (QED) is 0.637. The fraction of sp³-hybridized carbons (Fsp3) is 1.00. The molecule has 1 spiro atoms. The highest BCUT2D eigenvalue weighted by Crippen LogP contribution is 2.40. The van der Waals surface area contributed by atoms with Gasteiger partial charge in [-0.3, -0.25) is 4.90 Å². The minimum Gasteiger partial charge on any atom is -0.379 e. The molecule has 0 bridgehead atoms. The second kappa shape index (κ2) is 3.23. The molecule has 0 aliphatic carbocycles. The molecule has 1 N–H and O–H groups in total. The van der Waals surface area contributed by atoms with E-state index >= 15 is 0 Å². The third-order valence-corrected chi connectivity index (χ3v) is 3.65. The average Bonchev–Trinajstić information content (AvgIpc) is 2.02. The second-order valence-corrected chi connectivity index (χ2v) is 4.84. The molecule has 0 aromatic rings. The molecule has 2 aliphatic heterocycles. The van der Waals surface area contributed by atoms with Crippen molar-refractivity contribution in [3.05, 3.63) is 0 Å². The summed E-state index contributed by atoms with van der Waals surface area (Å²) in [6.07, 6.45) is 2.38. The first-order valence-corrected chi connectivity index (χ1v) is 5.22. The fourth-order valence-corrected chi connectivity index (χ4v) is 2.49. The van der Waals surface area contributed by atoms with Crippen LogP contribution < -0.4 is 0 Å². The molecule has 2 fully saturated rings. The molecule has 0 aromatic carbocycles. The fourth-order valence-electron chi connectivity index (χ4n) is 2.49. The van der Waals surface area contributed by atoms with Gasteiger partial charge in [-0.25, -0.2) is 0 Å². The molecule has 2 saturated heterocycles. The van der Waals surface area contributed by atoms with Gasteiger partial charge in [0.1, 0.15) is 6.23 Å². The zero-order chi connectivity index (χ0) is 9.47. The Morgan fingerprint density at radius 1 is 1.23 bits per heavy atom. The Hall–Kier alpha value is -0.120. The van der Waals surface area contributed by atoms with Crippen molar-refractivity contribution in [2.45, 2.75) is 26.0 Å². The van der Waals surface area contributed by atoms with Crippen LogP contribution in [0.15, 0.2) is 0 Å². The van der Waals surface area contributed by atoms with Crippen molar-refractivity contribution in [2.24, 2.45) is 5.41 Å². The van der Waals surface area contributed by atoms with Gasteiger partial charge in [0.15, 0.2) is 0 Å². The molecule has 76 valence electrons. The summed E-state index contributed by atoms with van der Waals surface area (Å²) >= 11 is 0. The molecule has 0 aromatic heterocycles. The number of likely N-dealkylation sites (tertiary alicyclic amines) is 2. The number of hydrogen-bond donors (Lipinski definition) is 1. The maximum Gasteiger partial charge on any atom is 0.104 e. The Balaban J connectivity index is 1.83. The first-order chi connectivity index (χ1) is 6.11. The lowest BCUT2D eigenvalue weighted by Gasteiger charge is -2.54. The van der Waals surface area contributed by atoms with Crippen molar-refractivity contribution in [2.75, 3.05) is 33.2 Å². The van der Waals surface area contributed by atoms with Crippen LogP contribution in [-0.4, -0.2) is 54.4 Å². The van der Waals surface area contributed by atoms with Gasteiger partial charge in [0.05, 0.1) is 0 Å². The van der Waals surface area contributed by atoms with Gasteiger partial charge in [-0.15, -0.1) is 0 Å². The zero-order valence-corrected chi connectivity index (χ0v) is 8.66. The Morgan fingerprint density at radius 3 is 2.23 bits per heavy atom. The topological polar surface area (TPSA) is 26.7 Å². The van der Waals surface area contributed by atoms with E-state index in [0.717, 1.165) is 13.1 Å². The van der Waals surface area contributed by atoms with E-state index in [1.807, 2.05) is 6.92 Å². The maximum atomic E-state index is 9.35. The van der Waals surface area contributed by atoms with Gasteiger partial charge >= 0.3 is 0 Å². The normalized spacial score (nSPS) is 31.6. The molecule has 2 rings (SSSR count). The standard InChI is InChI=1S/C10H20N2O/c1-9(13)12-7-10(8-12)3-5-11(2)6-4-10/h9,13H,3-8H2,1-2H3. The summed E-state index contributed by atoms with van der Waals surface area (Å²) in [4.78, 5) is 4.56. The lowest BCUT2D eigenvalue weighted by molar-refractivity contribution is -0.121. The molecule has 1 unspecified atom stereocenters. The zero-order valence-electron chi connectivity index (χ0n) is 8.66. The van der Waals surface area contributed by atoms with Crippen molar-refractivity contribution < 1.29 is 5.11 Å². The van der Waals surface area contributed by atoms with Crippen LogP contribution in [0.5, 0.6) is 0 Å². The van der Waals surface area contributed by atoms with Crippen LogP contribution in [0, 0.1) is 5.41 Å². The molecule has 3 nitrogen and oxygen atoms in total. The molecular weight excluding hydrogens is 164 g/mol. The first-order valence-electron chi connectivity index (χ1n) is 5.22. The largest absolute Gasteiger partial charge is 0.379 e. The summed E-state index contributed by atoms with van der Waals surface area (Å²) < 4.78 is 0. The van der Waals surface area contributed by atoms with Crippen LogP contribution in [0.1, 0.15) is 19.8 Å². The van der Waals surface area contributed by atoms with Crippen LogP contribution in [0.3, 0.4) is 0 Å². The van der Waals surface area contributed by atoms with Crippen LogP contribution in [-0.2, 0) is 0 Å². The summed E-state index contributed by atoms with van der Waals surface area (Å²) in [5.41, 5.74) is 0.559. The molecule has 2 aliphatic rings. The molecule has 0 amide bonds. The van der Waals surface area contributed by atoms with Crippen molar-refractivity contribution in [1.29, 1.82) is 0 Å². The molecule has 0 saturated carbocycles. The van der Waals surface area contributed by atoms with E-state index in [1.165, 1.54) is 25.9 Å². The maximum absolute atomic E-state index is 9.35. The average molecular weight is 184 g/mol. The Kier molecular flexibility index (Phi) is 2.34. The van der Waals surface area contributed by atoms with Crippen molar-refractivity contribution in [3.8, 4) is 0 Å². The smallest absolute Gasteiger partial charge is 0.104 e. The summed E-state index contributed by atoms with van der Waals surface area (Å²) in [7, 11) is 2.19.